The van der Waals surface area contributed by atoms with Crippen LogP contribution in [0.5, 0.6) is 0 Å². The number of alkyl halides is 1. The first-order valence-corrected chi connectivity index (χ1v) is 6.60. The minimum Gasteiger partial charge on any atom is -0.353 e. The van der Waals surface area contributed by atoms with Crippen molar-refractivity contribution in [3.63, 3.8) is 0 Å². The van der Waals surface area contributed by atoms with Crippen LogP contribution in [0.2, 0.25) is 0 Å². The molecule has 2 heterocycles. The summed E-state index contributed by atoms with van der Waals surface area (Å²) in [6.45, 7) is 3.28. The lowest BCUT2D eigenvalue weighted by Crippen LogP contribution is -2.30. The molecule has 1 aliphatic heterocycles. The Hall–Kier alpha value is -0.760. The molecule has 2 rings (SSSR count). The van der Waals surface area contributed by atoms with Crippen LogP contribution in [0.4, 0.5) is 5.82 Å². The molecule has 0 bridgehead atoms. The fourth-order valence-corrected chi connectivity index (χ4v) is 2.66. The van der Waals surface area contributed by atoms with Gasteiger partial charge in [-0.05, 0) is 44.2 Å². The molecule has 3 heteroatoms. The number of halogens is 1. The molecular weight excluding hydrogens is 220 g/mol. The predicted octanol–water partition coefficient (Wildman–Crippen LogP) is 3.38. The molecule has 0 aromatic carbocycles. The van der Waals surface area contributed by atoms with E-state index in [0.717, 1.165) is 18.8 Å². The number of aryl methyl sites for hydroxylation is 1. The average Bonchev–Trinajstić information content (AvgIpc) is 2.75. The Kier molecular flexibility index (Phi) is 4.05. The van der Waals surface area contributed by atoms with Crippen molar-refractivity contribution in [1.29, 1.82) is 0 Å². The van der Waals surface area contributed by atoms with Gasteiger partial charge in [0.25, 0.3) is 0 Å². The lowest BCUT2D eigenvalue weighted by molar-refractivity contribution is 0.597. The summed E-state index contributed by atoms with van der Waals surface area (Å²) in [4.78, 5) is 6.97. The Morgan fingerprint density at radius 3 is 3.19 bits per heavy atom. The third kappa shape index (κ3) is 2.49. The summed E-state index contributed by atoms with van der Waals surface area (Å²) in [5.41, 5.74) is 1.28. The summed E-state index contributed by atoms with van der Waals surface area (Å²) in [5.74, 6) is 1.94. The summed E-state index contributed by atoms with van der Waals surface area (Å²) in [7, 11) is 0. The number of rotatable bonds is 4. The number of pyridine rings is 1. The van der Waals surface area contributed by atoms with Crippen molar-refractivity contribution in [2.75, 3.05) is 17.3 Å². The Morgan fingerprint density at radius 2 is 2.44 bits per heavy atom. The summed E-state index contributed by atoms with van der Waals surface area (Å²) in [6.07, 6.45) is 6.75. The largest absolute Gasteiger partial charge is 0.353 e. The van der Waals surface area contributed by atoms with Gasteiger partial charge in [-0.2, -0.15) is 0 Å². The van der Waals surface area contributed by atoms with E-state index in [-0.39, 0.29) is 0 Å². The second-order valence-corrected chi connectivity index (χ2v) is 4.84. The average molecular weight is 239 g/mol. The van der Waals surface area contributed by atoms with Crippen LogP contribution >= 0.6 is 11.6 Å². The fourth-order valence-electron chi connectivity index (χ4n) is 2.51. The quantitative estimate of drug-likeness (QED) is 0.748. The van der Waals surface area contributed by atoms with Crippen molar-refractivity contribution in [2.45, 2.75) is 38.6 Å². The zero-order valence-electron chi connectivity index (χ0n) is 9.82. The van der Waals surface area contributed by atoms with Crippen LogP contribution in [0.1, 0.15) is 31.2 Å². The van der Waals surface area contributed by atoms with Gasteiger partial charge in [0, 0.05) is 24.7 Å². The van der Waals surface area contributed by atoms with Gasteiger partial charge < -0.3 is 4.90 Å². The van der Waals surface area contributed by atoms with Crippen LogP contribution in [0.25, 0.3) is 0 Å². The van der Waals surface area contributed by atoms with Crippen molar-refractivity contribution in [1.82, 2.24) is 4.98 Å². The topological polar surface area (TPSA) is 16.1 Å². The minimum atomic E-state index is 0.646. The Morgan fingerprint density at radius 1 is 1.56 bits per heavy atom. The molecule has 0 aliphatic carbocycles. The van der Waals surface area contributed by atoms with E-state index in [9.17, 15) is 0 Å². The van der Waals surface area contributed by atoms with Crippen LogP contribution in [0.15, 0.2) is 18.3 Å². The van der Waals surface area contributed by atoms with Gasteiger partial charge in [-0.1, -0.05) is 6.07 Å². The first kappa shape index (κ1) is 11.7. The molecule has 1 saturated heterocycles. The number of aromatic nitrogens is 1. The van der Waals surface area contributed by atoms with Crippen LogP contribution < -0.4 is 4.90 Å². The first-order valence-electron chi connectivity index (χ1n) is 6.07. The summed E-state index contributed by atoms with van der Waals surface area (Å²) < 4.78 is 0. The molecule has 1 atom stereocenters. The molecule has 1 unspecified atom stereocenters. The third-order valence-corrected chi connectivity index (χ3v) is 3.57. The molecule has 16 heavy (non-hydrogen) atoms. The normalized spacial score (nSPS) is 20.4. The highest BCUT2D eigenvalue weighted by atomic mass is 35.5. The minimum absolute atomic E-state index is 0.646. The number of nitrogens with zero attached hydrogens (tertiary/aromatic N) is 2. The van der Waals surface area contributed by atoms with Crippen molar-refractivity contribution >= 4 is 17.4 Å². The van der Waals surface area contributed by atoms with E-state index in [1.807, 2.05) is 12.3 Å². The van der Waals surface area contributed by atoms with E-state index in [1.165, 1.54) is 30.6 Å². The molecule has 0 spiro atoms. The summed E-state index contributed by atoms with van der Waals surface area (Å²) in [5, 5.41) is 0. The fraction of sp³-hybridized carbons (Fsp3) is 0.615. The number of anilines is 1. The second kappa shape index (κ2) is 5.53. The summed E-state index contributed by atoms with van der Waals surface area (Å²) >= 11 is 5.77. The molecule has 0 saturated carbocycles. The molecule has 1 aliphatic rings. The van der Waals surface area contributed by atoms with Gasteiger partial charge in [-0.25, -0.2) is 4.98 Å². The maximum absolute atomic E-state index is 5.77. The molecular formula is C13H19ClN2. The Bertz CT molecular complexity index is 340. The molecule has 0 amide bonds. The van der Waals surface area contributed by atoms with E-state index in [4.69, 9.17) is 11.6 Å². The highest BCUT2D eigenvalue weighted by Crippen LogP contribution is 2.28. The van der Waals surface area contributed by atoms with Gasteiger partial charge in [-0.3, -0.25) is 0 Å². The van der Waals surface area contributed by atoms with E-state index < -0.39 is 0 Å². The maximum atomic E-state index is 5.77. The van der Waals surface area contributed by atoms with Gasteiger partial charge >= 0.3 is 0 Å². The molecule has 1 aromatic rings. The van der Waals surface area contributed by atoms with E-state index >= 15 is 0 Å². The molecule has 0 N–H and O–H groups in total. The van der Waals surface area contributed by atoms with Crippen molar-refractivity contribution in [3.8, 4) is 0 Å². The van der Waals surface area contributed by atoms with Crippen LogP contribution in [0, 0.1) is 6.92 Å². The zero-order valence-corrected chi connectivity index (χ0v) is 10.6. The highest BCUT2D eigenvalue weighted by Gasteiger charge is 2.25. The van der Waals surface area contributed by atoms with Gasteiger partial charge in [0.1, 0.15) is 5.82 Å². The Balaban J connectivity index is 2.10. The highest BCUT2D eigenvalue weighted by molar-refractivity contribution is 6.17. The second-order valence-electron chi connectivity index (χ2n) is 4.46. The summed E-state index contributed by atoms with van der Waals surface area (Å²) in [6, 6.07) is 4.79. The number of hydrogen-bond acceptors (Lipinski definition) is 2. The molecule has 88 valence electrons. The van der Waals surface area contributed by atoms with Crippen LogP contribution in [-0.4, -0.2) is 23.5 Å². The van der Waals surface area contributed by atoms with E-state index in [0.29, 0.717) is 6.04 Å². The van der Waals surface area contributed by atoms with E-state index in [2.05, 4.69) is 22.9 Å². The van der Waals surface area contributed by atoms with Gasteiger partial charge in [-0.15, -0.1) is 11.6 Å². The van der Waals surface area contributed by atoms with Gasteiger partial charge in [0.05, 0.1) is 0 Å². The van der Waals surface area contributed by atoms with Crippen molar-refractivity contribution in [2.24, 2.45) is 0 Å². The lowest BCUT2D eigenvalue weighted by Gasteiger charge is -2.26. The number of hydrogen-bond donors (Lipinski definition) is 0. The maximum Gasteiger partial charge on any atom is 0.131 e. The molecule has 0 radical (unpaired) electrons. The SMILES string of the molecule is Cc1cccnc1N1CCCC1CCCCl. The first-order chi connectivity index (χ1) is 7.83. The molecule has 1 fully saturated rings. The van der Waals surface area contributed by atoms with Crippen LogP contribution in [-0.2, 0) is 0 Å². The smallest absolute Gasteiger partial charge is 0.131 e. The standard InChI is InChI=1S/C13H19ClN2/c1-11-5-3-9-15-13(11)16-10-4-7-12(16)6-2-8-14/h3,5,9,12H,2,4,6-8,10H2,1H3. The molecule has 2 nitrogen and oxygen atoms in total. The van der Waals surface area contributed by atoms with E-state index in [1.54, 1.807) is 0 Å². The van der Waals surface area contributed by atoms with Crippen LogP contribution in [0.3, 0.4) is 0 Å². The molecule has 1 aromatic heterocycles. The lowest BCUT2D eigenvalue weighted by atomic mass is 10.1. The third-order valence-electron chi connectivity index (χ3n) is 3.30. The monoisotopic (exact) mass is 238 g/mol. The predicted molar refractivity (Wildman–Crippen MR) is 69.3 cm³/mol. The van der Waals surface area contributed by atoms with Gasteiger partial charge in [0.2, 0.25) is 0 Å². The Labute approximate surface area is 103 Å². The van der Waals surface area contributed by atoms with Crippen molar-refractivity contribution < 1.29 is 0 Å². The zero-order chi connectivity index (χ0) is 11.4. The van der Waals surface area contributed by atoms with Crippen molar-refractivity contribution in [3.05, 3.63) is 23.9 Å². The van der Waals surface area contributed by atoms with Gasteiger partial charge in [0.15, 0.2) is 0 Å².